The Kier molecular flexibility index (Phi) is 6.63. The highest BCUT2D eigenvalue weighted by Crippen LogP contribution is 2.30. The highest BCUT2D eigenvalue weighted by Gasteiger charge is 2.18. The number of amides is 1. The van der Waals surface area contributed by atoms with Gasteiger partial charge >= 0.3 is 0 Å². The summed E-state index contributed by atoms with van der Waals surface area (Å²) >= 11 is 2.68. The Morgan fingerprint density at radius 2 is 1.52 bits per heavy atom. The summed E-state index contributed by atoms with van der Waals surface area (Å²) in [6.45, 7) is 3.88. The van der Waals surface area contributed by atoms with Gasteiger partial charge in [-0.05, 0) is 55.9 Å². The maximum Gasteiger partial charge on any atom is 0.234 e. The number of aryl methyl sites for hydroxylation is 2. The smallest absolute Gasteiger partial charge is 0.234 e. The van der Waals surface area contributed by atoms with Crippen LogP contribution in [-0.4, -0.2) is 36.4 Å². The van der Waals surface area contributed by atoms with Crippen molar-refractivity contribution in [3.63, 3.8) is 0 Å². The quantitative estimate of drug-likeness (QED) is 0.328. The van der Waals surface area contributed by atoms with Gasteiger partial charge in [0.1, 0.15) is 0 Å². The number of hydrogen-bond acceptors (Lipinski definition) is 7. The third-order valence-electron chi connectivity index (χ3n) is 4.15. The molecule has 1 amide bonds. The van der Waals surface area contributed by atoms with Gasteiger partial charge in [0.05, 0.1) is 11.4 Å². The SMILES string of the molecule is Cc1cc(C)nc(Sc2nnc(SCC(=O)Nc3ccccc3)n2-c2ccccc2)n1. The highest BCUT2D eigenvalue weighted by atomic mass is 32.2. The van der Waals surface area contributed by atoms with Crippen molar-refractivity contribution in [3.8, 4) is 5.69 Å². The molecule has 4 rings (SSSR count). The Bertz CT molecular complexity index is 1160. The minimum Gasteiger partial charge on any atom is -0.325 e. The van der Waals surface area contributed by atoms with Crippen molar-refractivity contribution in [1.29, 1.82) is 0 Å². The first kappa shape index (κ1) is 21.1. The molecule has 0 atom stereocenters. The number of nitrogens with one attached hydrogen (secondary N) is 1. The zero-order chi connectivity index (χ0) is 21.6. The van der Waals surface area contributed by atoms with Gasteiger partial charge in [-0.15, -0.1) is 10.2 Å². The van der Waals surface area contributed by atoms with Crippen LogP contribution in [0.25, 0.3) is 5.69 Å². The topological polar surface area (TPSA) is 85.6 Å². The summed E-state index contributed by atoms with van der Waals surface area (Å²) in [6, 6.07) is 21.1. The van der Waals surface area contributed by atoms with Crippen LogP contribution in [0.4, 0.5) is 5.69 Å². The van der Waals surface area contributed by atoms with Crippen LogP contribution in [0.3, 0.4) is 0 Å². The molecule has 0 radical (unpaired) electrons. The molecule has 2 aromatic carbocycles. The number of carbonyl (C=O) groups is 1. The van der Waals surface area contributed by atoms with Crippen molar-refractivity contribution in [2.45, 2.75) is 29.3 Å². The molecule has 2 heterocycles. The van der Waals surface area contributed by atoms with E-state index in [0.717, 1.165) is 22.8 Å². The Morgan fingerprint density at radius 1 is 0.903 bits per heavy atom. The predicted molar refractivity (Wildman–Crippen MR) is 123 cm³/mol. The summed E-state index contributed by atoms with van der Waals surface area (Å²) in [5.41, 5.74) is 3.46. The number of aromatic nitrogens is 5. The van der Waals surface area contributed by atoms with Crippen molar-refractivity contribution in [3.05, 3.63) is 78.1 Å². The second-order valence-corrected chi connectivity index (χ2v) is 8.55. The molecule has 0 aliphatic carbocycles. The standard InChI is InChI=1S/C22H20N6OS2/c1-15-13-16(2)24-20(23-15)31-22-27-26-21(28(22)18-11-7-4-8-12-18)30-14-19(29)25-17-9-5-3-6-10-17/h3-13H,14H2,1-2H3,(H,25,29). The number of para-hydroxylation sites is 2. The van der Waals surface area contributed by atoms with Crippen LogP contribution in [0.1, 0.15) is 11.4 Å². The largest absolute Gasteiger partial charge is 0.325 e. The number of anilines is 1. The van der Waals surface area contributed by atoms with Crippen molar-refractivity contribution >= 4 is 35.1 Å². The van der Waals surface area contributed by atoms with Gasteiger partial charge in [-0.25, -0.2) is 9.97 Å². The molecular weight excluding hydrogens is 428 g/mol. The lowest BCUT2D eigenvalue weighted by atomic mass is 10.3. The van der Waals surface area contributed by atoms with E-state index >= 15 is 0 Å². The van der Waals surface area contributed by atoms with Gasteiger partial charge in [0.15, 0.2) is 10.3 Å². The minimum absolute atomic E-state index is 0.106. The summed E-state index contributed by atoms with van der Waals surface area (Å²) in [6.07, 6.45) is 0. The highest BCUT2D eigenvalue weighted by molar-refractivity contribution is 8.00. The van der Waals surface area contributed by atoms with Crippen molar-refractivity contribution in [1.82, 2.24) is 24.7 Å². The average Bonchev–Trinajstić information content (AvgIpc) is 3.15. The minimum atomic E-state index is -0.106. The lowest BCUT2D eigenvalue weighted by Gasteiger charge is -2.10. The molecule has 156 valence electrons. The average molecular weight is 449 g/mol. The lowest BCUT2D eigenvalue weighted by Crippen LogP contribution is -2.14. The maximum atomic E-state index is 12.4. The first-order chi connectivity index (χ1) is 15.1. The van der Waals surface area contributed by atoms with E-state index in [0.29, 0.717) is 15.5 Å². The normalized spacial score (nSPS) is 10.8. The van der Waals surface area contributed by atoms with Crippen molar-refractivity contribution < 1.29 is 4.79 Å². The molecule has 9 heteroatoms. The Labute approximate surface area is 188 Å². The summed E-state index contributed by atoms with van der Waals surface area (Å²) in [5.74, 6) is 0.107. The lowest BCUT2D eigenvalue weighted by molar-refractivity contribution is -0.113. The summed E-state index contributed by atoms with van der Waals surface area (Å²) in [5, 5.41) is 13.5. The molecule has 0 aliphatic rings. The third-order valence-corrected chi connectivity index (χ3v) is 5.89. The molecule has 0 aliphatic heterocycles. The summed E-state index contributed by atoms with van der Waals surface area (Å²) < 4.78 is 1.92. The molecule has 0 spiro atoms. The van der Waals surface area contributed by atoms with Gasteiger partial charge in [0.25, 0.3) is 0 Å². The molecular formula is C22H20N6OS2. The van der Waals surface area contributed by atoms with Gasteiger partial charge in [0, 0.05) is 17.1 Å². The van der Waals surface area contributed by atoms with E-state index in [4.69, 9.17) is 0 Å². The maximum absolute atomic E-state index is 12.4. The molecule has 0 bridgehead atoms. The molecule has 7 nitrogen and oxygen atoms in total. The van der Waals surface area contributed by atoms with Crippen LogP contribution in [-0.2, 0) is 4.79 Å². The fraction of sp³-hybridized carbons (Fsp3) is 0.136. The summed E-state index contributed by atoms with van der Waals surface area (Å²) in [7, 11) is 0. The number of rotatable bonds is 7. The summed E-state index contributed by atoms with van der Waals surface area (Å²) in [4.78, 5) is 21.4. The number of nitrogens with zero attached hydrogens (tertiary/aromatic N) is 5. The van der Waals surface area contributed by atoms with E-state index in [9.17, 15) is 4.79 Å². The van der Waals surface area contributed by atoms with E-state index in [1.54, 1.807) is 0 Å². The molecule has 2 aromatic heterocycles. The second kappa shape index (κ2) is 9.76. The van der Waals surface area contributed by atoms with Crippen molar-refractivity contribution in [2.75, 3.05) is 11.1 Å². The number of benzene rings is 2. The zero-order valence-electron chi connectivity index (χ0n) is 17.0. The van der Waals surface area contributed by atoms with Gasteiger partial charge in [-0.2, -0.15) is 0 Å². The van der Waals surface area contributed by atoms with E-state index in [1.165, 1.54) is 23.5 Å². The van der Waals surface area contributed by atoms with E-state index in [-0.39, 0.29) is 11.7 Å². The van der Waals surface area contributed by atoms with Crippen LogP contribution in [0.2, 0.25) is 0 Å². The molecule has 0 fully saturated rings. The van der Waals surface area contributed by atoms with E-state index < -0.39 is 0 Å². The monoisotopic (exact) mass is 448 g/mol. The van der Waals surface area contributed by atoms with Gasteiger partial charge in [0.2, 0.25) is 11.1 Å². The fourth-order valence-electron chi connectivity index (χ4n) is 2.88. The number of carbonyl (C=O) groups excluding carboxylic acids is 1. The van der Waals surface area contributed by atoms with Crippen LogP contribution >= 0.6 is 23.5 Å². The van der Waals surface area contributed by atoms with E-state index in [2.05, 4.69) is 25.5 Å². The Morgan fingerprint density at radius 3 is 2.19 bits per heavy atom. The van der Waals surface area contributed by atoms with Crippen LogP contribution in [0.15, 0.2) is 82.2 Å². The number of hydrogen-bond donors (Lipinski definition) is 1. The molecule has 4 aromatic rings. The fourth-order valence-corrected chi connectivity index (χ4v) is 4.60. The molecule has 0 saturated carbocycles. The van der Waals surface area contributed by atoms with Gasteiger partial charge in [-0.3, -0.25) is 9.36 Å². The molecule has 0 saturated heterocycles. The molecule has 1 N–H and O–H groups in total. The predicted octanol–water partition coefficient (Wildman–Crippen LogP) is 4.56. The number of thioether (sulfide) groups is 1. The first-order valence-electron chi connectivity index (χ1n) is 9.57. The second-order valence-electron chi connectivity index (χ2n) is 6.67. The van der Waals surface area contributed by atoms with Crippen LogP contribution < -0.4 is 5.32 Å². The van der Waals surface area contributed by atoms with Gasteiger partial charge < -0.3 is 5.32 Å². The molecule has 31 heavy (non-hydrogen) atoms. The van der Waals surface area contributed by atoms with Crippen molar-refractivity contribution in [2.24, 2.45) is 0 Å². The zero-order valence-corrected chi connectivity index (χ0v) is 18.7. The van der Waals surface area contributed by atoms with E-state index in [1.807, 2.05) is 85.1 Å². The Hall–Kier alpha value is -3.17. The van der Waals surface area contributed by atoms with Crippen LogP contribution in [0, 0.1) is 13.8 Å². The third kappa shape index (κ3) is 5.50. The first-order valence-corrected chi connectivity index (χ1v) is 11.4. The van der Waals surface area contributed by atoms with Crippen LogP contribution in [0.5, 0.6) is 0 Å². The molecule has 0 unspecified atom stereocenters. The Balaban J connectivity index is 1.57. The van der Waals surface area contributed by atoms with Gasteiger partial charge in [-0.1, -0.05) is 48.2 Å².